The van der Waals surface area contributed by atoms with Crippen LogP contribution in [0.1, 0.15) is 26.3 Å². The van der Waals surface area contributed by atoms with Gasteiger partial charge in [0, 0.05) is 20.0 Å². The summed E-state index contributed by atoms with van der Waals surface area (Å²) in [5.41, 5.74) is 0.785. The van der Waals surface area contributed by atoms with Gasteiger partial charge in [0.25, 0.3) is 0 Å². The van der Waals surface area contributed by atoms with Crippen molar-refractivity contribution in [2.24, 2.45) is 0 Å². The number of likely N-dealkylation sites (N-methyl/N-ethyl adjacent to an activating group) is 1. The first-order valence-electron chi connectivity index (χ1n) is 6.25. The van der Waals surface area contributed by atoms with Crippen LogP contribution in [0.5, 0.6) is 0 Å². The Kier molecular flexibility index (Phi) is 5.48. The molecule has 1 rings (SSSR count). The molecule has 0 radical (unpaired) electrons. The Morgan fingerprint density at radius 3 is 2.37 bits per heavy atom. The highest BCUT2D eigenvalue weighted by molar-refractivity contribution is 5.86. The van der Waals surface area contributed by atoms with Gasteiger partial charge in [-0.15, -0.1) is 0 Å². The molecule has 1 N–H and O–H groups in total. The maximum atomic E-state index is 12.8. The Morgan fingerprint density at radius 1 is 1.32 bits per heavy atom. The van der Waals surface area contributed by atoms with Crippen molar-refractivity contribution in [2.45, 2.75) is 33.4 Å². The Morgan fingerprint density at radius 2 is 1.89 bits per heavy atom. The molecule has 0 aliphatic carbocycles. The number of nitrogens with zero attached hydrogens (tertiary/aromatic N) is 1. The minimum absolute atomic E-state index is 0.192. The fourth-order valence-electron chi connectivity index (χ4n) is 1.77. The molecule has 0 fully saturated rings. The van der Waals surface area contributed by atoms with Crippen LogP contribution in [0, 0.1) is 5.82 Å². The molecule has 0 aliphatic heterocycles. The summed E-state index contributed by atoms with van der Waals surface area (Å²) in [4.78, 5) is 24.9. The van der Waals surface area contributed by atoms with Crippen molar-refractivity contribution in [3.8, 4) is 0 Å². The lowest BCUT2D eigenvalue weighted by Crippen LogP contribution is -2.46. The molecule has 0 spiro atoms. The van der Waals surface area contributed by atoms with E-state index in [1.165, 1.54) is 24.0 Å². The molecule has 0 bridgehead atoms. The lowest BCUT2D eigenvalue weighted by atomic mass is 10.1. The Labute approximate surface area is 112 Å². The average molecular weight is 266 g/mol. The molecule has 1 atom stereocenters. The molecule has 19 heavy (non-hydrogen) atoms. The fourth-order valence-corrected chi connectivity index (χ4v) is 1.77. The van der Waals surface area contributed by atoms with E-state index in [9.17, 15) is 14.0 Å². The minimum Gasteiger partial charge on any atom is -0.355 e. The van der Waals surface area contributed by atoms with Gasteiger partial charge in [-0.25, -0.2) is 4.39 Å². The van der Waals surface area contributed by atoms with E-state index in [1.807, 2.05) is 6.92 Å². The van der Waals surface area contributed by atoms with E-state index in [0.29, 0.717) is 6.54 Å². The molecular weight excluding hydrogens is 247 g/mol. The molecule has 1 aromatic carbocycles. The van der Waals surface area contributed by atoms with E-state index in [1.54, 1.807) is 19.1 Å². The van der Waals surface area contributed by atoms with Crippen LogP contribution in [0.15, 0.2) is 24.3 Å². The fraction of sp³-hybridized carbons (Fsp3) is 0.429. The van der Waals surface area contributed by atoms with Gasteiger partial charge in [0.05, 0.1) is 0 Å². The largest absolute Gasteiger partial charge is 0.355 e. The third-order valence-electron chi connectivity index (χ3n) is 2.87. The van der Waals surface area contributed by atoms with Crippen LogP contribution in [-0.2, 0) is 16.1 Å². The van der Waals surface area contributed by atoms with Crippen LogP contribution in [-0.4, -0.2) is 29.3 Å². The molecule has 1 aromatic rings. The van der Waals surface area contributed by atoms with Gasteiger partial charge in [-0.1, -0.05) is 12.1 Å². The van der Waals surface area contributed by atoms with Gasteiger partial charge in [0.15, 0.2) is 0 Å². The second kappa shape index (κ2) is 6.87. The lowest BCUT2D eigenvalue weighted by Gasteiger charge is -2.27. The van der Waals surface area contributed by atoms with E-state index in [0.717, 1.165) is 5.56 Å². The Hall–Kier alpha value is -1.91. The van der Waals surface area contributed by atoms with Crippen LogP contribution in [0.25, 0.3) is 0 Å². The maximum Gasteiger partial charge on any atom is 0.242 e. The highest BCUT2D eigenvalue weighted by atomic mass is 19.1. The van der Waals surface area contributed by atoms with Crippen molar-refractivity contribution in [3.63, 3.8) is 0 Å². The highest BCUT2D eigenvalue weighted by Gasteiger charge is 2.23. The predicted molar refractivity (Wildman–Crippen MR) is 70.8 cm³/mol. The smallest absolute Gasteiger partial charge is 0.242 e. The van der Waals surface area contributed by atoms with Crippen molar-refractivity contribution >= 4 is 11.8 Å². The molecule has 0 unspecified atom stereocenters. The highest BCUT2D eigenvalue weighted by Crippen LogP contribution is 2.10. The Bertz CT molecular complexity index is 445. The van der Waals surface area contributed by atoms with Crippen molar-refractivity contribution in [2.75, 3.05) is 6.54 Å². The number of carbonyl (C=O) groups is 2. The molecule has 2 amide bonds. The van der Waals surface area contributed by atoms with Crippen LogP contribution >= 0.6 is 0 Å². The second-order valence-electron chi connectivity index (χ2n) is 4.34. The van der Waals surface area contributed by atoms with Gasteiger partial charge >= 0.3 is 0 Å². The molecule has 5 heteroatoms. The molecule has 104 valence electrons. The van der Waals surface area contributed by atoms with Gasteiger partial charge in [-0.05, 0) is 31.5 Å². The zero-order chi connectivity index (χ0) is 14.4. The summed E-state index contributed by atoms with van der Waals surface area (Å²) in [5.74, 6) is -0.710. The van der Waals surface area contributed by atoms with Crippen LogP contribution in [0.3, 0.4) is 0 Å². The van der Waals surface area contributed by atoms with Crippen LogP contribution < -0.4 is 5.32 Å². The number of halogens is 1. The molecule has 0 saturated carbocycles. The lowest BCUT2D eigenvalue weighted by molar-refractivity contribution is -0.138. The molecule has 0 aliphatic rings. The number of carbonyl (C=O) groups excluding carboxylic acids is 2. The predicted octanol–water partition coefficient (Wildman–Crippen LogP) is 1.70. The number of amides is 2. The van der Waals surface area contributed by atoms with E-state index in [2.05, 4.69) is 5.32 Å². The van der Waals surface area contributed by atoms with E-state index in [4.69, 9.17) is 0 Å². The summed E-state index contributed by atoms with van der Waals surface area (Å²) < 4.78 is 12.8. The molecular formula is C14H19FN2O2. The molecule has 0 aromatic heterocycles. The summed E-state index contributed by atoms with van der Waals surface area (Å²) in [6.07, 6.45) is 0. The van der Waals surface area contributed by atoms with Crippen molar-refractivity contribution in [1.29, 1.82) is 0 Å². The van der Waals surface area contributed by atoms with Gasteiger partial charge in [0.1, 0.15) is 11.9 Å². The first-order valence-corrected chi connectivity index (χ1v) is 6.25. The SMILES string of the molecule is CCNC(=O)[C@H](C)N(Cc1ccc(F)cc1)C(C)=O. The number of benzene rings is 1. The Balaban J connectivity index is 2.80. The topological polar surface area (TPSA) is 49.4 Å². The average Bonchev–Trinajstić information content (AvgIpc) is 2.37. The summed E-state index contributed by atoms with van der Waals surface area (Å²) >= 11 is 0. The minimum atomic E-state index is -0.553. The third-order valence-corrected chi connectivity index (χ3v) is 2.87. The number of hydrogen-bond donors (Lipinski definition) is 1. The maximum absolute atomic E-state index is 12.8. The molecule has 4 nitrogen and oxygen atoms in total. The number of nitrogens with one attached hydrogen (secondary N) is 1. The van der Waals surface area contributed by atoms with Gasteiger partial charge in [-0.3, -0.25) is 9.59 Å². The third kappa shape index (κ3) is 4.35. The summed E-state index contributed by atoms with van der Waals surface area (Å²) in [6.45, 7) is 5.72. The van der Waals surface area contributed by atoms with Crippen LogP contribution in [0.4, 0.5) is 4.39 Å². The standard InChI is InChI=1S/C14H19FN2O2/c1-4-16-14(19)10(2)17(11(3)18)9-12-5-7-13(15)8-6-12/h5-8,10H,4,9H2,1-3H3,(H,16,19)/t10-/m0/s1. The number of rotatable bonds is 5. The van der Waals surface area contributed by atoms with Crippen LogP contribution in [0.2, 0.25) is 0 Å². The van der Waals surface area contributed by atoms with E-state index < -0.39 is 6.04 Å². The van der Waals surface area contributed by atoms with Crippen molar-refractivity contribution in [1.82, 2.24) is 10.2 Å². The summed E-state index contributed by atoms with van der Waals surface area (Å²) in [5, 5.41) is 2.68. The van der Waals surface area contributed by atoms with Gasteiger partial charge in [0.2, 0.25) is 11.8 Å². The first kappa shape index (κ1) is 15.1. The zero-order valence-corrected chi connectivity index (χ0v) is 11.4. The van der Waals surface area contributed by atoms with Crippen molar-refractivity contribution in [3.05, 3.63) is 35.6 Å². The number of hydrogen-bond acceptors (Lipinski definition) is 2. The molecule has 0 heterocycles. The monoisotopic (exact) mass is 266 g/mol. The normalized spacial score (nSPS) is 11.8. The quantitative estimate of drug-likeness (QED) is 0.882. The summed E-state index contributed by atoms with van der Waals surface area (Å²) in [7, 11) is 0. The van der Waals surface area contributed by atoms with Gasteiger partial charge in [-0.2, -0.15) is 0 Å². The van der Waals surface area contributed by atoms with Gasteiger partial charge < -0.3 is 10.2 Å². The van der Waals surface area contributed by atoms with Crippen molar-refractivity contribution < 1.29 is 14.0 Å². The summed E-state index contributed by atoms with van der Waals surface area (Å²) in [6, 6.07) is 5.34. The zero-order valence-electron chi connectivity index (χ0n) is 11.4. The first-order chi connectivity index (χ1) is 8.95. The second-order valence-corrected chi connectivity index (χ2v) is 4.34. The van der Waals surface area contributed by atoms with E-state index >= 15 is 0 Å². The van der Waals surface area contributed by atoms with E-state index in [-0.39, 0.29) is 24.2 Å². The molecule has 0 saturated heterocycles.